The summed E-state index contributed by atoms with van der Waals surface area (Å²) in [5.74, 6) is -4.92. The zero-order valence-electron chi connectivity index (χ0n) is 53.8. The minimum absolute atomic E-state index is 0.000574. The summed E-state index contributed by atoms with van der Waals surface area (Å²) in [6, 6.07) is -4.98. The Morgan fingerprint density at radius 2 is 1.07 bits per heavy atom. The van der Waals surface area contributed by atoms with Gasteiger partial charge in [-0.15, -0.1) is 0 Å². The molecule has 6 atom stereocenters. The highest BCUT2D eigenvalue weighted by molar-refractivity contribution is 6.00. The molecule has 22 nitrogen and oxygen atoms in total. The molecule has 22 heteroatoms. The summed E-state index contributed by atoms with van der Waals surface area (Å²) in [6.45, 7) is 27.5. The Morgan fingerprint density at radius 3 is 1.67 bits per heavy atom. The van der Waals surface area contributed by atoms with Crippen molar-refractivity contribution in [3.8, 4) is 0 Å². The van der Waals surface area contributed by atoms with Crippen LogP contribution >= 0.6 is 0 Å². The van der Waals surface area contributed by atoms with Crippen LogP contribution in [0.1, 0.15) is 218 Å². The van der Waals surface area contributed by atoms with E-state index < -0.39 is 94.1 Å². The molecule has 10 amide bonds. The van der Waals surface area contributed by atoms with Crippen LogP contribution in [0.4, 0.5) is 0 Å². The largest absolute Gasteiger partial charge is 0.354 e. The van der Waals surface area contributed by atoms with Crippen molar-refractivity contribution in [2.45, 2.75) is 271 Å². The quantitative estimate of drug-likeness (QED) is 0.0397. The minimum Gasteiger partial charge on any atom is -0.354 e. The van der Waals surface area contributed by atoms with Crippen LogP contribution in [0.3, 0.4) is 0 Å². The fourth-order valence-corrected chi connectivity index (χ4v) is 11.2. The van der Waals surface area contributed by atoms with Crippen LogP contribution in [-0.4, -0.2) is 168 Å². The lowest BCUT2D eigenvalue weighted by Crippen LogP contribution is -2.66. The number of hydrogen-bond acceptors (Lipinski definition) is 12. The van der Waals surface area contributed by atoms with Gasteiger partial charge in [0.25, 0.3) is 0 Å². The van der Waals surface area contributed by atoms with Crippen molar-refractivity contribution in [3.05, 3.63) is 0 Å². The summed E-state index contributed by atoms with van der Waals surface area (Å²) in [5.41, 5.74) is -4.77. The number of nitrogens with one attached hydrogen (secondary N) is 10. The third-order valence-corrected chi connectivity index (χ3v) is 16.2. The van der Waals surface area contributed by atoms with E-state index >= 15 is 0 Å². The molecule has 0 spiro atoms. The summed E-state index contributed by atoms with van der Waals surface area (Å²) >= 11 is 0. The van der Waals surface area contributed by atoms with Crippen LogP contribution < -0.4 is 53.2 Å². The van der Waals surface area contributed by atoms with E-state index in [4.69, 9.17) is 0 Å². The third kappa shape index (κ3) is 25.7. The van der Waals surface area contributed by atoms with Gasteiger partial charge < -0.3 is 58.1 Å². The van der Waals surface area contributed by atoms with E-state index in [1.54, 1.807) is 4.90 Å². The summed E-state index contributed by atoms with van der Waals surface area (Å²) in [6.07, 6.45) is 13.6. The van der Waals surface area contributed by atoms with E-state index in [1.165, 1.54) is 41.5 Å². The molecule has 3 fully saturated rings. The number of amides is 10. The van der Waals surface area contributed by atoms with Gasteiger partial charge in [0.05, 0.1) is 0 Å². The second-order valence-electron chi connectivity index (χ2n) is 26.6. The maximum atomic E-state index is 14.5. The maximum Gasteiger partial charge on any atom is 0.246 e. The molecule has 0 unspecified atom stereocenters. The van der Waals surface area contributed by atoms with E-state index in [2.05, 4.69) is 65.0 Å². The van der Waals surface area contributed by atoms with Gasteiger partial charge in [0.2, 0.25) is 59.1 Å². The predicted octanol–water partition coefficient (Wildman–Crippen LogP) is 4.13. The van der Waals surface area contributed by atoms with Crippen molar-refractivity contribution in [2.24, 2.45) is 17.8 Å². The van der Waals surface area contributed by atoms with Crippen LogP contribution in [0.2, 0.25) is 0 Å². The Labute approximate surface area is 503 Å². The molecular weight excluding hydrogens is 1070 g/mol. The maximum absolute atomic E-state index is 14.5. The summed E-state index contributed by atoms with van der Waals surface area (Å²) in [5, 5.41) is 29.0. The van der Waals surface area contributed by atoms with Gasteiger partial charge in [-0.1, -0.05) is 112 Å². The van der Waals surface area contributed by atoms with Crippen molar-refractivity contribution in [1.82, 2.24) is 63.0 Å². The van der Waals surface area contributed by atoms with Crippen LogP contribution in [0.25, 0.3) is 0 Å². The zero-order chi connectivity index (χ0) is 62.8. The molecule has 84 heavy (non-hydrogen) atoms. The Bertz CT molecular complexity index is 2160. The molecule has 2 saturated heterocycles. The lowest BCUT2D eigenvalue weighted by atomic mass is 9.84. The summed E-state index contributed by atoms with van der Waals surface area (Å²) in [4.78, 5) is 142. The highest BCUT2D eigenvalue weighted by atomic mass is 16.2. The number of unbranched alkanes of at least 4 members (excludes halogenated alkanes) is 5. The van der Waals surface area contributed by atoms with Gasteiger partial charge in [-0.2, -0.15) is 0 Å². The molecule has 2 aliphatic heterocycles. The molecule has 3 rings (SSSR count). The van der Waals surface area contributed by atoms with Gasteiger partial charge in [0.1, 0.15) is 46.8 Å². The molecule has 1 aliphatic carbocycles. The first-order valence-electron chi connectivity index (χ1n) is 32.0. The lowest BCUT2D eigenvalue weighted by Gasteiger charge is -2.35. The molecule has 10 N–H and O–H groups in total. The van der Waals surface area contributed by atoms with Crippen molar-refractivity contribution in [1.29, 1.82) is 0 Å². The van der Waals surface area contributed by atoms with Gasteiger partial charge in [-0.25, -0.2) is 0 Å². The van der Waals surface area contributed by atoms with Crippen LogP contribution in [-0.2, 0) is 47.9 Å². The fourth-order valence-electron chi connectivity index (χ4n) is 11.2. The summed E-state index contributed by atoms with van der Waals surface area (Å²) < 4.78 is 0. The lowest BCUT2D eigenvalue weighted by molar-refractivity contribution is -0.141. The molecule has 2 heterocycles. The summed E-state index contributed by atoms with van der Waals surface area (Å²) in [7, 11) is 0. The number of carbonyl (C=O) groups excluding carboxylic acids is 10. The van der Waals surface area contributed by atoms with Gasteiger partial charge >= 0.3 is 0 Å². The predicted molar refractivity (Wildman–Crippen MR) is 327 cm³/mol. The van der Waals surface area contributed by atoms with Crippen molar-refractivity contribution < 1.29 is 47.9 Å². The standard InChI is InChI=1S/C62H112N12O10/c1-14-16-17-18-19-23-28-45(68-58(83)61(10,11)72-59(84)62(12,13)71-55(80)48(39-44-26-21-20-22-27-44)67-56(81)49-29-24-34-74(49)51(76)25-15-2)53(78)66-47(38-42(5)6)54(79)70-60(8,9)57(82)69-46(37-41(3)4)52(77)64-31-30-50(75)65-43(7)40-73-35-32-63-33-36-73/h41-49,63H,14-40H2,1-13H3,(H,64,77)(H,65,75)(H,66,78)(H,67,81)(H,68,83)(H,69,82)(H,70,79)(H,71,80)(H,72,84)/t43-,45-,46-,47-,48-,49-/m0/s1. The number of hydrogen-bond donors (Lipinski definition) is 10. The van der Waals surface area contributed by atoms with Crippen LogP contribution in [0.15, 0.2) is 0 Å². The van der Waals surface area contributed by atoms with Crippen molar-refractivity contribution in [3.63, 3.8) is 0 Å². The molecule has 3 aliphatic rings. The van der Waals surface area contributed by atoms with Crippen molar-refractivity contribution >= 4 is 59.1 Å². The minimum atomic E-state index is -1.63. The van der Waals surface area contributed by atoms with E-state index in [0.29, 0.717) is 45.1 Å². The second-order valence-corrected chi connectivity index (χ2v) is 26.6. The average molecular weight is 1190 g/mol. The SMILES string of the molecule is CCCCCCCC[C@H](NC(=O)C(C)(C)NC(=O)C(C)(C)NC(=O)[C@H](CC1CCCCC1)NC(=O)[C@@H]1CCCN1C(=O)CCC)C(=O)N[C@@H](CC(C)C)C(=O)NC(C)(C)C(=O)N[C@@H](CC(C)C)C(=O)NCCC(=O)N[C@@H](C)CN1CCNCC1. The van der Waals surface area contributed by atoms with E-state index in [9.17, 15) is 47.9 Å². The van der Waals surface area contributed by atoms with E-state index in [0.717, 1.165) is 96.9 Å². The highest BCUT2D eigenvalue weighted by Crippen LogP contribution is 2.28. The van der Waals surface area contributed by atoms with Gasteiger partial charge in [0.15, 0.2) is 0 Å². The molecule has 0 radical (unpaired) electrons. The normalized spacial score (nSPS) is 18.1. The first-order chi connectivity index (χ1) is 39.5. The first kappa shape index (κ1) is 72.9. The monoisotopic (exact) mass is 1180 g/mol. The highest BCUT2D eigenvalue weighted by Gasteiger charge is 2.42. The Morgan fingerprint density at radius 1 is 0.524 bits per heavy atom. The number of carbonyl (C=O) groups is 10. The van der Waals surface area contributed by atoms with E-state index in [-0.39, 0.29) is 67.8 Å². The third-order valence-electron chi connectivity index (χ3n) is 16.2. The number of nitrogens with zero attached hydrogens (tertiary/aromatic N) is 2. The number of piperazine rings is 1. The molecule has 0 bridgehead atoms. The Hall–Kier alpha value is -5.38. The van der Waals surface area contributed by atoms with Crippen molar-refractivity contribution in [2.75, 3.05) is 45.8 Å². The second kappa shape index (κ2) is 35.9. The fraction of sp³-hybridized carbons (Fsp3) is 0.839. The van der Waals surface area contributed by atoms with Crippen LogP contribution in [0.5, 0.6) is 0 Å². The van der Waals surface area contributed by atoms with Gasteiger partial charge in [0, 0.05) is 64.7 Å². The van der Waals surface area contributed by atoms with E-state index in [1.807, 2.05) is 41.5 Å². The molecule has 0 aromatic heterocycles. The molecule has 0 aromatic carbocycles. The Balaban J connectivity index is 1.73. The van der Waals surface area contributed by atoms with Gasteiger partial charge in [-0.3, -0.25) is 52.8 Å². The van der Waals surface area contributed by atoms with Gasteiger partial charge in [-0.05, 0) is 111 Å². The smallest absolute Gasteiger partial charge is 0.246 e. The molecule has 0 aromatic rings. The first-order valence-corrected chi connectivity index (χ1v) is 32.0. The average Bonchev–Trinajstić information content (AvgIpc) is 3.94. The molecule has 480 valence electrons. The topological polar surface area (TPSA) is 297 Å². The zero-order valence-corrected chi connectivity index (χ0v) is 53.8. The number of likely N-dealkylation sites (tertiary alicyclic amines) is 1. The Kier molecular flexibility index (Phi) is 31.2. The molecular formula is C62H112N12O10. The van der Waals surface area contributed by atoms with Crippen LogP contribution in [0, 0.1) is 17.8 Å². The molecule has 1 saturated carbocycles. The number of rotatable bonds is 36.